The van der Waals surface area contributed by atoms with Crippen molar-refractivity contribution in [2.24, 2.45) is 5.92 Å². The van der Waals surface area contributed by atoms with Gasteiger partial charge in [-0.1, -0.05) is 91.9 Å². The van der Waals surface area contributed by atoms with Gasteiger partial charge >= 0.3 is 23.9 Å². The molecule has 0 radical (unpaired) electrons. The van der Waals surface area contributed by atoms with Crippen molar-refractivity contribution in [3.05, 3.63) is 144 Å². The molecule has 0 aliphatic carbocycles. The van der Waals surface area contributed by atoms with E-state index in [1.165, 1.54) is 65.2 Å². The third-order valence-corrected chi connectivity index (χ3v) is 7.08. The van der Waals surface area contributed by atoms with Gasteiger partial charge in [0.05, 0.1) is 11.1 Å². The van der Waals surface area contributed by atoms with Crippen LogP contribution in [-0.4, -0.2) is 71.8 Å². The highest BCUT2D eigenvalue weighted by molar-refractivity contribution is 6.01. The molecule has 2 N–H and O–H groups in total. The highest BCUT2D eigenvalue weighted by Gasteiger charge is 2.35. The van der Waals surface area contributed by atoms with Gasteiger partial charge in [0.2, 0.25) is 0 Å². The lowest BCUT2D eigenvalue weighted by atomic mass is 9.93. The summed E-state index contributed by atoms with van der Waals surface area (Å²) in [4.78, 5) is 49.0. The minimum Gasteiger partial charge on any atom is -0.489 e. The van der Waals surface area contributed by atoms with Gasteiger partial charge in [-0.2, -0.15) is 0 Å². The largest absolute Gasteiger partial charge is 0.489 e. The van der Waals surface area contributed by atoms with Crippen LogP contribution in [0, 0.1) is 5.92 Å². The number of aliphatic hydroxyl groups is 2. The number of hydrogen-bond acceptors (Lipinski definition) is 10. The Labute approximate surface area is 286 Å². The number of allylic oxidation sites excluding steroid dienone is 1. The van der Waals surface area contributed by atoms with Gasteiger partial charge in [0.15, 0.2) is 12.2 Å². The van der Waals surface area contributed by atoms with Crippen molar-refractivity contribution in [1.29, 1.82) is 0 Å². The normalized spacial score (nSPS) is 12.8. The molecule has 4 aromatic carbocycles. The van der Waals surface area contributed by atoms with E-state index in [2.05, 4.69) is 78.7 Å². The molecule has 0 fully saturated rings. The molecule has 1 unspecified atom stereocenters. The van der Waals surface area contributed by atoms with Crippen molar-refractivity contribution in [2.45, 2.75) is 32.7 Å². The van der Waals surface area contributed by atoms with Crippen molar-refractivity contribution in [2.75, 3.05) is 20.6 Å². The molecular weight excluding hydrogens is 626 g/mol. The van der Waals surface area contributed by atoms with Crippen molar-refractivity contribution in [3.63, 3.8) is 0 Å². The summed E-state index contributed by atoms with van der Waals surface area (Å²) in [6.07, 6.45) is -2.60. The monoisotopic (exact) mass is 667 g/mol. The van der Waals surface area contributed by atoms with Gasteiger partial charge in [0, 0.05) is 6.54 Å². The zero-order valence-corrected chi connectivity index (χ0v) is 27.9. The lowest BCUT2D eigenvalue weighted by Gasteiger charge is -2.20. The lowest BCUT2D eigenvalue weighted by Crippen LogP contribution is -2.43. The van der Waals surface area contributed by atoms with Gasteiger partial charge in [-0.05, 0) is 80.0 Å². The third kappa shape index (κ3) is 12.3. The molecule has 3 atom stereocenters. The second kappa shape index (κ2) is 19.4. The minimum atomic E-state index is -2.40. The Morgan fingerprint density at radius 2 is 1.12 bits per heavy atom. The zero-order chi connectivity index (χ0) is 35.8. The summed E-state index contributed by atoms with van der Waals surface area (Å²) >= 11 is 0. The average molecular weight is 668 g/mol. The molecule has 4 aromatic rings. The Morgan fingerprint density at radius 1 is 0.673 bits per heavy atom. The van der Waals surface area contributed by atoms with Crippen LogP contribution in [-0.2, 0) is 25.7 Å². The first-order valence-corrected chi connectivity index (χ1v) is 15.6. The number of aliphatic hydroxyl groups excluding tert-OH is 2. The molecular formula is C39H41NO9. The first-order valence-electron chi connectivity index (χ1n) is 15.6. The van der Waals surface area contributed by atoms with Crippen LogP contribution in [0.2, 0.25) is 0 Å². The van der Waals surface area contributed by atoms with E-state index in [0.29, 0.717) is 12.5 Å². The Morgan fingerprint density at radius 3 is 1.57 bits per heavy atom. The van der Waals surface area contributed by atoms with Crippen LogP contribution in [0.4, 0.5) is 0 Å². The molecule has 0 saturated heterocycles. The molecule has 0 aliphatic rings. The predicted molar refractivity (Wildman–Crippen MR) is 184 cm³/mol. The summed E-state index contributed by atoms with van der Waals surface area (Å²) < 4.78 is 14.7. The van der Waals surface area contributed by atoms with Gasteiger partial charge in [-0.15, -0.1) is 0 Å². The van der Waals surface area contributed by atoms with Crippen molar-refractivity contribution in [3.8, 4) is 5.75 Å². The van der Waals surface area contributed by atoms with Gasteiger partial charge in [0.1, 0.15) is 12.4 Å². The Kier molecular flexibility index (Phi) is 15.1. The van der Waals surface area contributed by atoms with E-state index in [4.69, 9.17) is 4.74 Å². The number of nitrogens with zero attached hydrogens (tertiary/aromatic N) is 1. The van der Waals surface area contributed by atoms with Crippen molar-refractivity contribution < 1.29 is 43.6 Å². The predicted octanol–water partition coefficient (Wildman–Crippen LogP) is 5.34. The van der Waals surface area contributed by atoms with Crippen molar-refractivity contribution in [1.82, 2.24) is 4.90 Å². The smallest absolute Gasteiger partial charge is 0.346 e. The molecule has 0 spiro atoms. The number of ether oxygens (including phenoxy) is 3. The van der Waals surface area contributed by atoms with Crippen LogP contribution in [0.5, 0.6) is 5.75 Å². The number of carbonyl (C=O) groups is 4. The summed E-state index contributed by atoms with van der Waals surface area (Å²) in [5.74, 6) is -3.86. The van der Waals surface area contributed by atoms with E-state index >= 15 is 0 Å². The van der Waals surface area contributed by atoms with Crippen LogP contribution in [0.25, 0.3) is 5.57 Å². The maximum Gasteiger partial charge on any atom is 0.346 e. The average Bonchev–Trinajstić information content (AvgIpc) is 3.11. The summed E-state index contributed by atoms with van der Waals surface area (Å²) in [6, 6.07) is 33.5. The molecule has 0 heterocycles. The second-order valence-corrected chi connectivity index (χ2v) is 11.2. The highest BCUT2D eigenvalue weighted by atomic mass is 16.6. The molecule has 0 amide bonds. The fourth-order valence-electron chi connectivity index (χ4n) is 4.72. The molecule has 10 heteroatoms. The summed E-state index contributed by atoms with van der Waals surface area (Å²) in [5, 5.41) is 19.3. The molecule has 10 nitrogen and oxygen atoms in total. The number of rotatable bonds is 12. The van der Waals surface area contributed by atoms with Gasteiger partial charge in [-0.25, -0.2) is 19.2 Å². The first-order chi connectivity index (χ1) is 23.5. The second-order valence-electron chi connectivity index (χ2n) is 11.2. The van der Waals surface area contributed by atoms with Gasteiger partial charge < -0.3 is 29.3 Å². The molecule has 4 rings (SSSR count). The molecule has 0 aliphatic heterocycles. The maximum atomic E-state index is 11.7. The van der Waals surface area contributed by atoms with Crippen LogP contribution in [0.3, 0.4) is 0 Å². The van der Waals surface area contributed by atoms with E-state index in [9.17, 15) is 29.4 Å². The van der Waals surface area contributed by atoms with E-state index in [0.717, 1.165) is 12.3 Å². The maximum absolute atomic E-state index is 11.7. The van der Waals surface area contributed by atoms with Crippen LogP contribution >= 0.6 is 0 Å². The van der Waals surface area contributed by atoms with E-state index in [1.54, 1.807) is 12.1 Å². The SMILES string of the molecule is CC=C(c1cccc(OCc2ccccc2)c1)C(C)CN(C)C.O=C(OC(=O)[C@H](O)[C@@H](O)C(=O)OC(=O)c1ccccc1)c1ccccc1. The standard InChI is InChI=1S/C21H27NO.C18H14O8/c1-5-21(17(2)15-22(3)4)19-12-9-13-20(14-19)23-16-18-10-7-6-8-11-18;19-13(17(23)25-15(21)11-7-3-1-4-8-11)14(20)18(24)26-16(22)12-9-5-2-6-10-12/h5-14,17H,15-16H2,1-4H3;1-10,13-14,19-20H/t;13-,14-/m.1/s1. The Bertz CT molecular complexity index is 1620. The fourth-order valence-corrected chi connectivity index (χ4v) is 4.72. The summed E-state index contributed by atoms with van der Waals surface area (Å²) in [5.41, 5.74) is 3.86. The minimum absolute atomic E-state index is 0.0318. The number of esters is 4. The van der Waals surface area contributed by atoms with Crippen LogP contribution < -0.4 is 4.74 Å². The number of hydrogen-bond donors (Lipinski definition) is 2. The van der Waals surface area contributed by atoms with Crippen molar-refractivity contribution >= 4 is 29.5 Å². The highest BCUT2D eigenvalue weighted by Crippen LogP contribution is 2.27. The number of carbonyl (C=O) groups excluding carboxylic acids is 4. The van der Waals surface area contributed by atoms with Gasteiger partial charge in [0.25, 0.3) is 0 Å². The Hall–Kier alpha value is -5.42. The number of benzene rings is 4. The zero-order valence-electron chi connectivity index (χ0n) is 27.9. The molecule has 0 aromatic heterocycles. The van der Waals surface area contributed by atoms with E-state index < -0.39 is 36.1 Å². The molecule has 49 heavy (non-hydrogen) atoms. The molecule has 0 saturated carbocycles. The van der Waals surface area contributed by atoms with Gasteiger partial charge in [-0.3, -0.25) is 0 Å². The third-order valence-electron chi connectivity index (χ3n) is 7.08. The van der Waals surface area contributed by atoms with E-state index in [-0.39, 0.29) is 11.1 Å². The fraction of sp³-hybridized carbons (Fsp3) is 0.231. The molecule has 256 valence electrons. The Balaban J connectivity index is 0.000000267. The quantitative estimate of drug-likeness (QED) is 0.150. The molecule has 0 bridgehead atoms. The topological polar surface area (TPSA) is 140 Å². The summed E-state index contributed by atoms with van der Waals surface area (Å²) in [7, 11) is 4.23. The van der Waals surface area contributed by atoms with Crippen LogP contribution in [0.1, 0.15) is 45.7 Å². The van der Waals surface area contributed by atoms with E-state index in [1.807, 2.05) is 24.3 Å². The first kappa shape index (κ1) is 38.0. The van der Waals surface area contributed by atoms with Crippen LogP contribution in [0.15, 0.2) is 121 Å². The summed E-state index contributed by atoms with van der Waals surface area (Å²) in [6.45, 7) is 6.02. The lowest BCUT2D eigenvalue weighted by molar-refractivity contribution is -0.166.